The number of amides is 1. The maximum Gasteiger partial charge on any atom is 0.305 e. The lowest BCUT2D eigenvalue weighted by Gasteiger charge is -2.22. The predicted octanol–water partition coefficient (Wildman–Crippen LogP) is 2.81. The molecule has 0 aliphatic heterocycles. The van der Waals surface area contributed by atoms with Crippen molar-refractivity contribution in [1.82, 2.24) is 4.90 Å². The summed E-state index contributed by atoms with van der Waals surface area (Å²) in [7, 11) is 0. The van der Waals surface area contributed by atoms with Crippen LogP contribution in [0.15, 0.2) is 5.38 Å². The first-order chi connectivity index (χ1) is 9.52. The topological polar surface area (TPSA) is 57.6 Å². The molecule has 1 aromatic heterocycles. The van der Waals surface area contributed by atoms with Crippen LogP contribution in [0.25, 0.3) is 0 Å². The number of hydrogen-bond acceptors (Lipinski definition) is 3. The van der Waals surface area contributed by atoms with Gasteiger partial charge in [0.05, 0.1) is 12.0 Å². The molecular weight excluding hydrogens is 274 g/mol. The number of carbonyl (C=O) groups excluding carboxylic acids is 1. The van der Waals surface area contributed by atoms with E-state index >= 15 is 0 Å². The van der Waals surface area contributed by atoms with Gasteiger partial charge in [-0.15, -0.1) is 11.3 Å². The SMILES string of the molecule is CCN(CCC(=O)O)C(=O)c1csc2c1CCC(C)C2. The molecule has 0 spiro atoms. The molecule has 4 nitrogen and oxygen atoms in total. The van der Waals surface area contributed by atoms with Gasteiger partial charge in [-0.2, -0.15) is 0 Å². The highest BCUT2D eigenvalue weighted by Crippen LogP contribution is 2.33. The monoisotopic (exact) mass is 295 g/mol. The Bertz CT molecular complexity index is 509. The fraction of sp³-hybridized carbons (Fsp3) is 0.600. The number of rotatable bonds is 5. The Balaban J connectivity index is 2.14. The Morgan fingerprint density at radius 3 is 2.90 bits per heavy atom. The molecular formula is C15H21NO3S. The summed E-state index contributed by atoms with van der Waals surface area (Å²) in [6, 6.07) is 0. The summed E-state index contributed by atoms with van der Waals surface area (Å²) >= 11 is 1.67. The van der Waals surface area contributed by atoms with Crippen LogP contribution in [-0.4, -0.2) is 35.0 Å². The van der Waals surface area contributed by atoms with E-state index in [2.05, 4.69) is 6.92 Å². The molecule has 0 saturated carbocycles. The molecule has 0 aromatic carbocycles. The minimum absolute atomic E-state index is 0.00292. The maximum atomic E-state index is 12.5. The molecule has 110 valence electrons. The van der Waals surface area contributed by atoms with Gasteiger partial charge in [0.1, 0.15) is 0 Å². The zero-order chi connectivity index (χ0) is 14.7. The fourth-order valence-corrected chi connectivity index (χ4v) is 3.90. The average Bonchev–Trinajstić information content (AvgIpc) is 2.81. The van der Waals surface area contributed by atoms with E-state index in [0.29, 0.717) is 12.5 Å². The van der Waals surface area contributed by atoms with Crippen LogP contribution in [0.3, 0.4) is 0 Å². The van der Waals surface area contributed by atoms with Crippen LogP contribution >= 0.6 is 11.3 Å². The molecule has 1 amide bonds. The Hall–Kier alpha value is -1.36. The third kappa shape index (κ3) is 3.20. The van der Waals surface area contributed by atoms with Crippen LogP contribution in [0.2, 0.25) is 0 Å². The molecule has 20 heavy (non-hydrogen) atoms. The van der Waals surface area contributed by atoms with Gasteiger partial charge in [-0.05, 0) is 37.7 Å². The largest absolute Gasteiger partial charge is 0.481 e. The van der Waals surface area contributed by atoms with Gasteiger partial charge in [0.2, 0.25) is 0 Å². The molecule has 1 aliphatic carbocycles. The van der Waals surface area contributed by atoms with Crippen molar-refractivity contribution in [3.8, 4) is 0 Å². The van der Waals surface area contributed by atoms with Gasteiger partial charge in [-0.3, -0.25) is 9.59 Å². The highest BCUT2D eigenvalue weighted by Gasteiger charge is 2.25. The second-order valence-electron chi connectivity index (χ2n) is 5.43. The summed E-state index contributed by atoms with van der Waals surface area (Å²) in [6.45, 7) is 4.97. The standard InChI is InChI=1S/C15H21NO3S/c1-3-16(7-6-14(17)18)15(19)12-9-20-13-8-10(2)4-5-11(12)13/h9-10H,3-8H2,1-2H3,(H,17,18). The zero-order valence-corrected chi connectivity index (χ0v) is 12.8. The Morgan fingerprint density at radius 2 is 2.25 bits per heavy atom. The third-order valence-corrected chi connectivity index (χ3v) is 4.95. The van der Waals surface area contributed by atoms with E-state index < -0.39 is 5.97 Å². The van der Waals surface area contributed by atoms with Gasteiger partial charge < -0.3 is 10.0 Å². The molecule has 0 bridgehead atoms. The summed E-state index contributed by atoms with van der Waals surface area (Å²) < 4.78 is 0. The molecule has 0 fully saturated rings. The number of aliphatic carboxylic acids is 1. The van der Waals surface area contributed by atoms with E-state index in [-0.39, 0.29) is 18.9 Å². The third-order valence-electron chi connectivity index (χ3n) is 3.90. The summed E-state index contributed by atoms with van der Waals surface area (Å²) in [5.41, 5.74) is 2.00. The van der Waals surface area contributed by atoms with E-state index in [1.807, 2.05) is 12.3 Å². The summed E-state index contributed by atoms with van der Waals surface area (Å²) in [4.78, 5) is 26.2. The molecule has 1 atom stereocenters. The summed E-state index contributed by atoms with van der Waals surface area (Å²) in [5.74, 6) is -0.184. The number of fused-ring (bicyclic) bond motifs is 1. The smallest absolute Gasteiger partial charge is 0.305 e. The Morgan fingerprint density at radius 1 is 1.50 bits per heavy atom. The second kappa shape index (κ2) is 6.39. The highest BCUT2D eigenvalue weighted by atomic mass is 32.1. The molecule has 0 saturated heterocycles. The van der Waals surface area contributed by atoms with Crippen LogP contribution in [0.1, 0.15) is 47.5 Å². The van der Waals surface area contributed by atoms with Gasteiger partial charge in [0.15, 0.2) is 0 Å². The molecule has 0 radical (unpaired) electrons. The molecule has 1 aromatic rings. The minimum Gasteiger partial charge on any atom is -0.481 e. The Kier molecular flexibility index (Phi) is 4.81. The van der Waals surface area contributed by atoms with Crippen molar-refractivity contribution in [2.24, 2.45) is 5.92 Å². The predicted molar refractivity (Wildman–Crippen MR) is 79.3 cm³/mol. The van der Waals surface area contributed by atoms with Crippen molar-refractivity contribution in [2.75, 3.05) is 13.1 Å². The van der Waals surface area contributed by atoms with Crippen LogP contribution < -0.4 is 0 Å². The minimum atomic E-state index is -0.863. The van der Waals surface area contributed by atoms with Crippen molar-refractivity contribution in [3.63, 3.8) is 0 Å². The first-order valence-electron chi connectivity index (χ1n) is 7.13. The van der Waals surface area contributed by atoms with Gasteiger partial charge in [0.25, 0.3) is 5.91 Å². The number of carboxylic acids is 1. The number of nitrogens with zero attached hydrogens (tertiary/aromatic N) is 1. The summed E-state index contributed by atoms with van der Waals surface area (Å²) in [6.07, 6.45) is 3.17. The van der Waals surface area contributed by atoms with Crippen LogP contribution in [-0.2, 0) is 17.6 Å². The lowest BCUT2D eigenvalue weighted by Crippen LogP contribution is -2.33. The Labute approximate surface area is 123 Å². The number of carboxylic acid groups (broad SMARTS) is 1. The average molecular weight is 295 g/mol. The van der Waals surface area contributed by atoms with Crippen molar-refractivity contribution in [3.05, 3.63) is 21.4 Å². The lowest BCUT2D eigenvalue weighted by molar-refractivity contribution is -0.137. The molecule has 1 heterocycles. The highest BCUT2D eigenvalue weighted by molar-refractivity contribution is 7.10. The molecule has 1 unspecified atom stereocenters. The van der Waals surface area contributed by atoms with E-state index in [4.69, 9.17) is 5.11 Å². The van der Waals surface area contributed by atoms with Crippen molar-refractivity contribution >= 4 is 23.2 Å². The maximum absolute atomic E-state index is 12.5. The molecule has 5 heteroatoms. The second-order valence-corrected chi connectivity index (χ2v) is 6.39. The quantitative estimate of drug-likeness (QED) is 0.908. The summed E-state index contributed by atoms with van der Waals surface area (Å²) in [5, 5.41) is 10.7. The van der Waals surface area contributed by atoms with Crippen molar-refractivity contribution in [1.29, 1.82) is 0 Å². The van der Waals surface area contributed by atoms with Crippen molar-refractivity contribution in [2.45, 2.75) is 39.5 Å². The van der Waals surface area contributed by atoms with Gasteiger partial charge in [0, 0.05) is 23.3 Å². The molecule has 2 rings (SSSR count). The van der Waals surface area contributed by atoms with E-state index in [1.165, 1.54) is 10.4 Å². The fourth-order valence-electron chi connectivity index (χ4n) is 2.66. The number of thiophene rings is 1. The first kappa shape index (κ1) is 15.0. The van der Waals surface area contributed by atoms with E-state index in [0.717, 1.165) is 24.8 Å². The number of hydrogen-bond donors (Lipinski definition) is 1. The molecule has 1 N–H and O–H groups in total. The van der Waals surface area contributed by atoms with E-state index in [9.17, 15) is 9.59 Å². The first-order valence-corrected chi connectivity index (χ1v) is 8.01. The van der Waals surface area contributed by atoms with Gasteiger partial charge >= 0.3 is 5.97 Å². The van der Waals surface area contributed by atoms with Crippen LogP contribution in [0.5, 0.6) is 0 Å². The zero-order valence-electron chi connectivity index (χ0n) is 12.0. The van der Waals surface area contributed by atoms with Gasteiger partial charge in [-0.1, -0.05) is 6.92 Å². The van der Waals surface area contributed by atoms with Crippen molar-refractivity contribution < 1.29 is 14.7 Å². The molecule has 1 aliphatic rings. The van der Waals surface area contributed by atoms with Crippen LogP contribution in [0.4, 0.5) is 0 Å². The van der Waals surface area contributed by atoms with E-state index in [1.54, 1.807) is 16.2 Å². The lowest BCUT2D eigenvalue weighted by atomic mass is 9.88. The number of carbonyl (C=O) groups is 2. The normalized spacial score (nSPS) is 17.6. The van der Waals surface area contributed by atoms with Crippen LogP contribution in [0, 0.1) is 5.92 Å². The van der Waals surface area contributed by atoms with Gasteiger partial charge in [-0.25, -0.2) is 0 Å².